The molecule has 0 saturated carbocycles. The minimum absolute atomic E-state index is 0.346. The molecular weight excluding hydrogens is 295 g/mol. The van der Waals surface area contributed by atoms with Crippen molar-refractivity contribution in [3.8, 4) is 11.6 Å². The molecule has 106 valence electrons. The number of ether oxygens (including phenoxy) is 1. The zero-order valence-electron chi connectivity index (χ0n) is 11.6. The van der Waals surface area contributed by atoms with E-state index >= 15 is 0 Å². The number of benzene rings is 1. The summed E-state index contributed by atoms with van der Waals surface area (Å²) in [6.07, 6.45) is 0. The van der Waals surface area contributed by atoms with E-state index in [1.165, 1.54) is 5.56 Å². The molecule has 3 nitrogen and oxygen atoms in total. The Morgan fingerprint density at radius 1 is 1.15 bits per heavy atom. The first kappa shape index (κ1) is 14.9. The molecule has 0 aliphatic carbocycles. The number of aryl methyl sites for hydroxylation is 2. The van der Waals surface area contributed by atoms with E-state index in [9.17, 15) is 0 Å². The number of hydrogen-bond acceptors (Lipinski definition) is 3. The molecule has 0 spiro atoms. The zero-order chi connectivity index (χ0) is 14.7. The standard InChI is InChI=1S/C15H16Cl2N2O/c1-4-18-14-11(16)8-12(17)15(19-14)20-13-6-5-9(2)7-10(13)3/h5-8H,4H2,1-3H3,(H,18,19). The summed E-state index contributed by atoms with van der Waals surface area (Å²) < 4.78 is 5.80. The summed E-state index contributed by atoms with van der Waals surface area (Å²) in [5.74, 6) is 1.65. The van der Waals surface area contributed by atoms with Crippen molar-refractivity contribution in [1.29, 1.82) is 0 Å². The summed E-state index contributed by atoms with van der Waals surface area (Å²) in [5.41, 5.74) is 2.21. The highest BCUT2D eigenvalue weighted by Gasteiger charge is 2.12. The number of hydrogen-bond donors (Lipinski definition) is 1. The molecule has 5 heteroatoms. The zero-order valence-corrected chi connectivity index (χ0v) is 13.1. The van der Waals surface area contributed by atoms with Gasteiger partial charge in [0.15, 0.2) is 0 Å². The first-order chi connectivity index (χ1) is 9.51. The monoisotopic (exact) mass is 310 g/mol. The normalized spacial score (nSPS) is 10.4. The molecule has 0 unspecified atom stereocenters. The molecule has 2 rings (SSSR count). The molecule has 0 amide bonds. The van der Waals surface area contributed by atoms with Gasteiger partial charge in [0.2, 0.25) is 5.88 Å². The van der Waals surface area contributed by atoms with Crippen molar-refractivity contribution in [1.82, 2.24) is 4.98 Å². The first-order valence-electron chi connectivity index (χ1n) is 6.36. The van der Waals surface area contributed by atoms with Gasteiger partial charge >= 0.3 is 0 Å². The Hall–Kier alpha value is -1.45. The van der Waals surface area contributed by atoms with E-state index in [-0.39, 0.29) is 0 Å². The van der Waals surface area contributed by atoms with Crippen LogP contribution in [0.5, 0.6) is 11.6 Å². The molecule has 1 heterocycles. The van der Waals surface area contributed by atoms with Gasteiger partial charge in [0.25, 0.3) is 0 Å². The van der Waals surface area contributed by atoms with Gasteiger partial charge in [0.05, 0.1) is 5.02 Å². The van der Waals surface area contributed by atoms with Gasteiger partial charge in [-0.2, -0.15) is 4.98 Å². The summed E-state index contributed by atoms with van der Waals surface area (Å²) in [4.78, 5) is 4.32. The predicted molar refractivity (Wildman–Crippen MR) is 84.4 cm³/mol. The predicted octanol–water partition coefficient (Wildman–Crippen LogP) is 5.23. The van der Waals surface area contributed by atoms with E-state index in [2.05, 4.69) is 10.3 Å². The smallest absolute Gasteiger partial charge is 0.240 e. The molecule has 0 aliphatic heterocycles. The maximum absolute atomic E-state index is 6.14. The van der Waals surface area contributed by atoms with Crippen molar-refractivity contribution in [2.24, 2.45) is 0 Å². The lowest BCUT2D eigenvalue weighted by atomic mass is 10.1. The quantitative estimate of drug-likeness (QED) is 0.839. The van der Waals surface area contributed by atoms with E-state index in [0.29, 0.717) is 21.7 Å². The molecule has 0 radical (unpaired) electrons. The van der Waals surface area contributed by atoms with Crippen molar-refractivity contribution in [3.05, 3.63) is 45.4 Å². The van der Waals surface area contributed by atoms with Crippen LogP contribution >= 0.6 is 23.2 Å². The molecule has 20 heavy (non-hydrogen) atoms. The molecule has 0 saturated heterocycles. The maximum atomic E-state index is 6.14. The van der Waals surface area contributed by atoms with Crippen LogP contribution in [0.3, 0.4) is 0 Å². The summed E-state index contributed by atoms with van der Waals surface area (Å²) in [7, 11) is 0. The Balaban J connectivity index is 2.35. The van der Waals surface area contributed by atoms with Crippen molar-refractivity contribution >= 4 is 29.0 Å². The van der Waals surface area contributed by atoms with Gasteiger partial charge in [-0.1, -0.05) is 40.9 Å². The van der Waals surface area contributed by atoms with E-state index in [4.69, 9.17) is 27.9 Å². The Morgan fingerprint density at radius 2 is 1.90 bits per heavy atom. The van der Waals surface area contributed by atoms with Crippen molar-refractivity contribution in [2.45, 2.75) is 20.8 Å². The second-order valence-electron chi connectivity index (χ2n) is 4.51. The number of aromatic nitrogens is 1. The molecule has 0 aliphatic rings. The minimum atomic E-state index is 0.346. The number of halogens is 2. The topological polar surface area (TPSA) is 34.2 Å². The van der Waals surface area contributed by atoms with Crippen molar-refractivity contribution in [3.63, 3.8) is 0 Å². The summed E-state index contributed by atoms with van der Waals surface area (Å²) in [6, 6.07) is 7.57. The van der Waals surface area contributed by atoms with Crippen LogP contribution in [-0.4, -0.2) is 11.5 Å². The lowest BCUT2D eigenvalue weighted by Gasteiger charge is -2.12. The van der Waals surface area contributed by atoms with E-state index in [1.807, 2.05) is 39.0 Å². The maximum Gasteiger partial charge on any atom is 0.240 e. The van der Waals surface area contributed by atoms with Crippen LogP contribution in [0.4, 0.5) is 5.82 Å². The van der Waals surface area contributed by atoms with E-state index < -0.39 is 0 Å². The summed E-state index contributed by atoms with van der Waals surface area (Å²) >= 11 is 12.2. The molecule has 0 fully saturated rings. The summed E-state index contributed by atoms with van der Waals surface area (Å²) in [5, 5.41) is 3.93. The fourth-order valence-corrected chi connectivity index (χ4v) is 2.29. The molecule has 1 aromatic heterocycles. The Kier molecular flexibility index (Phi) is 4.73. The number of rotatable bonds is 4. The average Bonchev–Trinajstić information content (AvgIpc) is 2.38. The van der Waals surface area contributed by atoms with Gasteiger partial charge in [0.1, 0.15) is 16.6 Å². The number of anilines is 1. The molecule has 1 aromatic carbocycles. The van der Waals surface area contributed by atoms with Crippen LogP contribution in [-0.2, 0) is 0 Å². The Bertz CT molecular complexity index is 630. The van der Waals surface area contributed by atoms with Gasteiger partial charge in [-0.3, -0.25) is 0 Å². The number of nitrogens with one attached hydrogen (secondary N) is 1. The largest absolute Gasteiger partial charge is 0.437 e. The second-order valence-corrected chi connectivity index (χ2v) is 5.32. The van der Waals surface area contributed by atoms with Crippen LogP contribution in [0.2, 0.25) is 10.0 Å². The SMILES string of the molecule is CCNc1nc(Oc2ccc(C)cc2C)c(Cl)cc1Cl. The number of pyridine rings is 1. The second kappa shape index (κ2) is 6.33. The van der Waals surface area contributed by atoms with Gasteiger partial charge in [-0.05, 0) is 38.5 Å². The van der Waals surface area contributed by atoms with Crippen LogP contribution in [0.25, 0.3) is 0 Å². The lowest BCUT2D eigenvalue weighted by Crippen LogP contribution is -2.02. The average molecular weight is 311 g/mol. The van der Waals surface area contributed by atoms with Gasteiger partial charge in [-0.25, -0.2) is 0 Å². The molecular formula is C15H16Cl2N2O. The minimum Gasteiger partial charge on any atom is -0.437 e. The fourth-order valence-electron chi connectivity index (χ4n) is 1.83. The summed E-state index contributed by atoms with van der Waals surface area (Å²) in [6.45, 7) is 6.71. The molecule has 2 aromatic rings. The van der Waals surface area contributed by atoms with Crippen molar-refractivity contribution in [2.75, 3.05) is 11.9 Å². The lowest BCUT2D eigenvalue weighted by molar-refractivity contribution is 0.460. The van der Waals surface area contributed by atoms with E-state index in [0.717, 1.165) is 17.9 Å². The highest BCUT2D eigenvalue weighted by Crippen LogP contribution is 2.34. The highest BCUT2D eigenvalue weighted by atomic mass is 35.5. The molecule has 1 N–H and O–H groups in total. The number of nitrogens with zero attached hydrogens (tertiary/aromatic N) is 1. The van der Waals surface area contributed by atoms with Gasteiger partial charge < -0.3 is 10.1 Å². The molecule has 0 atom stereocenters. The Labute approximate surface area is 128 Å². The van der Waals surface area contributed by atoms with Gasteiger partial charge in [0, 0.05) is 6.54 Å². The van der Waals surface area contributed by atoms with Gasteiger partial charge in [-0.15, -0.1) is 0 Å². The fraction of sp³-hybridized carbons (Fsp3) is 0.267. The van der Waals surface area contributed by atoms with Crippen LogP contribution in [0.15, 0.2) is 24.3 Å². The van der Waals surface area contributed by atoms with Crippen LogP contribution < -0.4 is 10.1 Å². The third-order valence-electron chi connectivity index (χ3n) is 2.78. The third kappa shape index (κ3) is 3.35. The van der Waals surface area contributed by atoms with Crippen molar-refractivity contribution < 1.29 is 4.74 Å². The highest BCUT2D eigenvalue weighted by molar-refractivity contribution is 6.36. The first-order valence-corrected chi connectivity index (χ1v) is 7.12. The van der Waals surface area contributed by atoms with Crippen LogP contribution in [0, 0.1) is 13.8 Å². The molecule has 0 bridgehead atoms. The third-order valence-corrected chi connectivity index (χ3v) is 3.34. The Morgan fingerprint density at radius 3 is 2.55 bits per heavy atom. The van der Waals surface area contributed by atoms with Crippen LogP contribution in [0.1, 0.15) is 18.1 Å². The van der Waals surface area contributed by atoms with E-state index in [1.54, 1.807) is 6.07 Å².